The van der Waals surface area contributed by atoms with E-state index in [1.165, 1.54) is 18.2 Å². The van der Waals surface area contributed by atoms with E-state index in [1.54, 1.807) is 24.3 Å². The number of amides is 2. The van der Waals surface area contributed by atoms with Crippen molar-refractivity contribution in [2.75, 3.05) is 13.1 Å². The third-order valence-electron chi connectivity index (χ3n) is 2.91. The topological polar surface area (TPSA) is 58.2 Å². The molecule has 2 aromatic rings. The number of halogens is 2. The highest BCUT2D eigenvalue weighted by atomic mass is 79.9. The molecule has 0 fully saturated rings. The molecule has 4 nitrogen and oxygen atoms in total. The van der Waals surface area contributed by atoms with E-state index >= 15 is 0 Å². The van der Waals surface area contributed by atoms with Crippen LogP contribution in [0, 0.1) is 5.82 Å². The van der Waals surface area contributed by atoms with Crippen LogP contribution in [-0.2, 0) is 0 Å². The van der Waals surface area contributed by atoms with Gasteiger partial charge in [0.05, 0.1) is 5.56 Å². The first kappa shape index (κ1) is 16.2. The van der Waals surface area contributed by atoms with E-state index in [4.69, 9.17) is 0 Å². The summed E-state index contributed by atoms with van der Waals surface area (Å²) in [5.41, 5.74) is 0.908. The zero-order valence-corrected chi connectivity index (χ0v) is 13.2. The van der Waals surface area contributed by atoms with Gasteiger partial charge in [-0.15, -0.1) is 0 Å². The van der Waals surface area contributed by atoms with Gasteiger partial charge in [0.2, 0.25) is 0 Å². The molecule has 0 aromatic heterocycles. The average molecular weight is 365 g/mol. The molecular formula is C16H14BrFN2O2. The number of hydrogen-bond acceptors (Lipinski definition) is 2. The van der Waals surface area contributed by atoms with Crippen molar-refractivity contribution in [3.8, 4) is 0 Å². The molecule has 6 heteroatoms. The van der Waals surface area contributed by atoms with E-state index < -0.39 is 5.82 Å². The van der Waals surface area contributed by atoms with Crippen molar-refractivity contribution in [2.45, 2.75) is 0 Å². The number of hydrogen-bond donors (Lipinski definition) is 2. The number of carbonyl (C=O) groups excluding carboxylic acids is 2. The molecule has 0 heterocycles. The van der Waals surface area contributed by atoms with Gasteiger partial charge in [-0.2, -0.15) is 0 Å². The first-order chi connectivity index (χ1) is 10.6. The maximum Gasteiger partial charge on any atom is 0.252 e. The van der Waals surface area contributed by atoms with Crippen molar-refractivity contribution < 1.29 is 14.0 Å². The molecule has 0 aliphatic carbocycles. The predicted molar refractivity (Wildman–Crippen MR) is 85.2 cm³/mol. The van der Waals surface area contributed by atoms with Crippen LogP contribution in [0.2, 0.25) is 0 Å². The van der Waals surface area contributed by atoms with Gasteiger partial charge in [-0.05, 0) is 46.3 Å². The third-order valence-corrected chi connectivity index (χ3v) is 3.56. The van der Waals surface area contributed by atoms with E-state index in [2.05, 4.69) is 26.6 Å². The Labute approximate surface area is 135 Å². The molecule has 2 N–H and O–H groups in total. The van der Waals surface area contributed by atoms with Crippen molar-refractivity contribution in [3.05, 3.63) is 69.9 Å². The number of nitrogens with one attached hydrogen (secondary N) is 2. The Morgan fingerprint density at radius 1 is 0.955 bits per heavy atom. The monoisotopic (exact) mass is 364 g/mol. The van der Waals surface area contributed by atoms with Crippen LogP contribution in [0.4, 0.5) is 4.39 Å². The van der Waals surface area contributed by atoms with Crippen LogP contribution >= 0.6 is 15.9 Å². The number of benzene rings is 2. The first-order valence-electron chi connectivity index (χ1n) is 6.64. The fourth-order valence-electron chi connectivity index (χ4n) is 1.81. The Morgan fingerprint density at radius 3 is 2.23 bits per heavy atom. The summed E-state index contributed by atoms with van der Waals surface area (Å²) < 4.78 is 13.3. The van der Waals surface area contributed by atoms with Crippen LogP contribution < -0.4 is 10.6 Å². The highest BCUT2D eigenvalue weighted by Gasteiger charge is 2.10. The molecule has 0 aliphatic heterocycles. The van der Waals surface area contributed by atoms with Crippen LogP contribution in [0.1, 0.15) is 20.7 Å². The summed E-state index contributed by atoms with van der Waals surface area (Å²) in [5, 5.41) is 5.36. The van der Waals surface area contributed by atoms with Crippen molar-refractivity contribution in [2.24, 2.45) is 0 Å². The second-order valence-electron chi connectivity index (χ2n) is 4.50. The van der Waals surface area contributed by atoms with Gasteiger partial charge in [0, 0.05) is 23.1 Å². The normalized spacial score (nSPS) is 10.1. The lowest BCUT2D eigenvalue weighted by Gasteiger charge is -2.08. The zero-order valence-electron chi connectivity index (χ0n) is 11.6. The molecule has 2 aromatic carbocycles. The summed E-state index contributed by atoms with van der Waals surface area (Å²) in [4.78, 5) is 23.7. The van der Waals surface area contributed by atoms with Gasteiger partial charge < -0.3 is 10.6 Å². The van der Waals surface area contributed by atoms with E-state index in [-0.39, 0.29) is 18.4 Å². The van der Waals surface area contributed by atoms with Gasteiger partial charge in [-0.1, -0.05) is 18.2 Å². The maximum absolute atomic E-state index is 13.0. The second kappa shape index (κ2) is 7.70. The highest BCUT2D eigenvalue weighted by Crippen LogP contribution is 2.17. The maximum atomic E-state index is 13.0. The van der Waals surface area contributed by atoms with E-state index in [0.29, 0.717) is 22.1 Å². The molecule has 0 bridgehead atoms. The van der Waals surface area contributed by atoms with Crippen molar-refractivity contribution in [1.82, 2.24) is 10.6 Å². The summed E-state index contributed by atoms with van der Waals surface area (Å²) >= 11 is 3.14. The molecule has 2 amide bonds. The Kier molecular flexibility index (Phi) is 5.66. The van der Waals surface area contributed by atoms with Gasteiger partial charge in [0.25, 0.3) is 11.8 Å². The van der Waals surface area contributed by atoms with Crippen molar-refractivity contribution in [3.63, 3.8) is 0 Å². The van der Waals surface area contributed by atoms with Crippen molar-refractivity contribution in [1.29, 1.82) is 0 Å². The molecule has 0 saturated heterocycles. The summed E-state index contributed by atoms with van der Waals surface area (Å²) in [7, 11) is 0. The molecule has 0 spiro atoms. The van der Waals surface area contributed by atoms with Gasteiger partial charge in [-0.3, -0.25) is 9.59 Å². The highest BCUT2D eigenvalue weighted by molar-refractivity contribution is 9.10. The Morgan fingerprint density at radius 2 is 1.59 bits per heavy atom. The lowest BCUT2D eigenvalue weighted by molar-refractivity contribution is 0.0927. The quantitative estimate of drug-likeness (QED) is 0.801. The minimum Gasteiger partial charge on any atom is -0.350 e. The molecule has 0 saturated carbocycles. The van der Waals surface area contributed by atoms with Crippen LogP contribution in [0.3, 0.4) is 0 Å². The molecule has 0 unspecified atom stereocenters. The SMILES string of the molecule is O=C(NCCNC(=O)c1ccc(F)cc1Br)c1ccccc1. The van der Waals surface area contributed by atoms with Gasteiger partial charge in [-0.25, -0.2) is 4.39 Å². The standard InChI is InChI=1S/C16H14BrFN2O2/c17-14-10-12(18)6-7-13(14)16(22)20-9-8-19-15(21)11-4-2-1-3-5-11/h1-7,10H,8-9H2,(H,19,21)(H,20,22). The van der Waals surface area contributed by atoms with Crippen LogP contribution in [-0.4, -0.2) is 24.9 Å². The van der Waals surface area contributed by atoms with E-state index in [0.717, 1.165) is 0 Å². The Hall–Kier alpha value is -2.21. The summed E-state index contributed by atoms with van der Waals surface area (Å²) in [6, 6.07) is 12.7. The molecule has 0 atom stereocenters. The Balaban J connectivity index is 1.79. The largest absolute Gasteiger partial charge is 0.350 e. The minimum atomic E-state index is -0.418. The predicted octanol–water partition coefficient (Wildman–Crippen LogP) is 2.75. The van der Waals surface area contributed by atoms with Gasteiger partial charge in [0.1, 0.15) is 5.82 Å². The van der Waals surface area contributed by atoms with Crippen LogP contribution in [0.15, 0.2) is 53.0 Å². The average Bonchev–Trinajstić information content (AvgIpc) is 2.52. The van der Waals surface area contributed by atoms with Crippen molar-refractivity contribution >= 4 is 27.7 Å². The first-order valence-corrected chi connectivity index (χ1v) is 7.44. The summed E-state index contributed by atoms with van der Waals surface area (Å²) in [6.45, 7) is 0.583. The van der Waals surface area contributed by atoms with E-state index in [9.17, 15) is 14.0 Å². The van der Waals surface area contributed by atoms with Crippen LogP contribution in [0.5, 0.6) is 0 Å². The smallest absolute Gasteiger partial charge is 0.252 e. The number of rotatable bonds is 5. The molecule has 22 heavy (non-hydrogen) atoms. The zero-order chi connectivity index (χ0) is 15.9. The molecule has 0 aliphatic rings. The Bertz CT molecular complexity index is 677. The van der Waals surface area contributed by atoms with E-state index in [1.807, 2.05) is 6.07 Å². The molecule has 114 valence electrons. The van der Waals surface area contributed by atoms with Gasteiger partial charge >= 0.3 is 0 Å². The fraction of sp³-hybridized carbons (Fsp3) is 0.125. The molecule has 2 rings (SSSR count). The lowest BCUT2D eigenvalue weighted by atomic mass is 10.2. The summed E-state index contributed by atoms with van der Waals surface area (Å²) in [6.07, 6.45) is 0. The number of carbonyl (C=O) groups is 2. The van der Waals surface area contributed by atoms with Gasteiger partial charge in [0.15, 0.2) is 0 Å². The minimum absolute atomic E-state index is 0.196. The third kappa shape index (κ3) is 4.39. The fourth-order valence-corrected chi connectivity index (χ4v) is 2.34. The van der Waals surface area contributed by atoms with Crippen LogP contribution in [0.25, 0.3) is 0 Å². The molecule has 0 radical (unpaired) electrons. The second-order valence-corrected chi connectivity index (χ2v) is 5.36. The lowest BCUT2D eigenvalue weighted by Crippen LogP contribution is -2.34. The molecular weight excluding hydrogens is 351 g/mol. The summed E-state index contributed by atoms with van der Waals surface area (Å²) in [5.74, 6) is -0.947.